The van der Waals surface area contributed by atoms with Crippen LogP contribution in [0.4, 0.5) is 4.79 Å². The van der Waals surface area contributed by atoms with Crippen LogP contribution in [-0.4, -0.2) is 75.4 Å². The van der Waals surface area contributed by atoms with Crippen molar-refractivity contribution in [1.82, 2.24) is 24.5 Å². The Morgan fingerprint density at radius 3 is 2.52 bits per heavy atom. The normalized spacial score (nSPS) is 14.8. The first-order chi connectivity index (χ1) is 15.6. The van der Waals surface area contributed by atoms with Gasteiger partial charge in [0.1, 0.15) is 16.9 Å². The molecule has 0 aromatic carbocycles. The molecule has 1 N–H and O–H groups in total. The molecule has 0 bridgehead atoms. The fraction of sp³-hybridized carbons (Fsp3) is 0.583. The van der Waals surface area contributed by atoms with E-state index in [0.717, 1.165) is 11.2 Å². The second kappa shape index (κ2) is 10.2. The molecule has 9 nitrogen and oxygen atoms in total. The van der Waals surface area contributed by atoms with Gasteiger partial charge in [-0.15, -0.1) is 0 Å². The third kappa shape index (κ3) is 6.24. The highest BCUT2D eigenvalue weighted by molar-refractivity contribution is 5.94. The Labute approximate surface area is 195 Å². The van der Waals surface area contributed by atoms with Gasteiger partial charge in [0.05, 0.1) is 5.69 Å². The summed E-state index contributed by atoms with van der Waals surface area (Å²) >= 11 is 0. The van der Waals surface area contributed by atoms with Crippen molar-refractivity contribution in [2.75, 3.05) is 32.7 Å². The number of ether oxygens (including phenoxy) is 1. The molecule has 9 heteroatoms. The van der Waals surface area contributed by atoms with Crippen LogP contribution in [0, 0.1) is 13.8 Å². The first kappa shape index (κ1) is 24.5. The third-order valence-corrected chi connectivity index (χ3v) is 5.59. The number of hydrogen-bond donors (Lipinski definition) is 1. The summed E-state index contributed by atoms with van der Waals surface area (Å²) in [6.07, 6.45) is 3.11. The number of imidazole rings is 1. The minimum Gasteiger partial charge on any atom is -0.444 e. The summed E-state index contributed by atoms with van der Waals surface area (Å²) in [5.74, 6) is -0.155. The molecule has 33 heavy (non-hydrogen) atoms. The molecule has 0 aliphatic carbocycles. The molecule has 2 aromatic heterocycles. The average molecular weight is 458 g/mol. The van der Waals surface area contributed by atoms with Crippen molar-refractivity contribution in [2.24, 2.45) is 0 Å². The van der Waals surface area contributed by atoms with Gasteiger partial charge >= 0.3 is 6.09 Å². The molecule has 0 saturated carbocycles. The van der Waals surface area contributed by atoms with E-state index in [0.29, 0.717) is 63.4 Å². The smallest absolute Gasteiger partial charge is 0.410 e. The molecule has 2 aromatic rings. The Hall–Kier alpha value is -3.10. The van der Waals surface area contributed by atoms with Crippen molar-refractivity contribution >= 4 is 23.6 Å². The van der Waals surface area contributed by atoms with E-state index in [1.807, 2.05) is 52.9 Å². The van der Waals surface area contributed by atoms with Gasteiger partial charge in [0, 0.05) is 45.3 Å². The van der Waals surface area contributed by atoms with Crippen LogP contribution in [0.3, 0.4) is 0 Å². The van der Waals surface area contributed by atoms with Crippen molar-refractivity contribution in [3.05, 3.63) is 35.3 Å². The molecule has 3 amide bonds. The summed E-state index contributed by atoms with van der Waals surface area (Å²) < 4.78 is 7.24. The fourth-order valence-electron chi connectivity index (χ4n) is 3.95. The average Bonchev–Trinajstić information content (AvgIpc) is 2.91. The van der Waals surface area contributed by atoms with E-state index in [4.69, 9.17) is 4.74 Å². The zero-order valence-electron chi connectivity index (χ0n) is 20.3. The number of hydrogen-bond acceptors (Lipinski definition) is 5. The minimum absolute atomic E-state index is 0.0388. The molecule has 0 spiro atoms. The van der Waals surface area contributed by atoms with Gasteiger partial charge in [-0.1, -0.05) is 6.07 Å². The number of carbonyl (C=O) groups is 3. The van der Waals surface area contributed by atoms with Crippen molar-refractivity contribution < 1.29 is 19.1 Å². The summed E-state index contributed by atoms with van der Waals surface area (Å²) in [6.45, 7) is 11.9. The lowest BCUT2D eigenvalue weighted by molar-refractivity contribution is -0.131. The van der Waals surface area contributed by atoms with E-state index < -0.39 is 5.60 Å². The zero-order chi connectivity index (χ0) is 24.2. The fourth-order valence-corrected chi connectivity index (χ4v) is 3.95. The maximum Gasteiger partial charge on any atom is 0.410 e. The van der Waals surface area contributed by atoms with Gasteiger partial charge in [-0.25, -0.2) is 9.78 Å². The lowest BCUT2D eigenvalue weighted by atomic mass is 10.2. The van der Waals surface area contributed by atoms with E-state index in [1.165, 1.54) is 0 Å². The largest absolute Gasteiger partial charge is 0.444 e. The quantitative estimate of drug-likeness (QED) is 0.697. The number of aryl methyl sites for hydroxylation is 2. The highest BCUT2D eigenvalue weighted by Crippen LogP contribution is 2.16. The molecule has 3 heterocycles. The van der Waals surface area contributed by atoms with E-state index in [9.17, 15) is 14.4 Å². The van der Waals surface area contributed by atoms with E-state index >= 15 is 0 Å². The highest BCUT2D eigenvalue weighted by atomic mass is 16.6. The van der Waals surface area contributed by atoms with Crippen molar-refractivity contribution in [1.29, 1.82) is 0 Å². The van der Waals surface area contributed by atoms with Crippen molar-refractivity contribution in [3.8, 4) is 0 Å². The molecule has 1 aliphatic heterocycles. The number of fused-ring (bicyclic) bond motifs is 1. The molecule has 0 unspecified atom stereocenters. The predicted octanol–water partition coefficient (Wildman–Crippen LogP) is 2.93. The van der Waals surface area contributed by atoms with Crippen LogP contribution in [0.2, 0.25) is 0 Å². The van der Waals surface area contributed by atoms with Crippen LogP contribution >= 0.6 is 0 Å². The number of nitrogens with zero attached hydrogens (tertiary/aromatic N) is 4. The Balaban J connectivity index is 1.45. The second-order valence-electron chi connectivity index (χ2n) is 9.49. The first-order valence-electron chi connectivity index (χ1n) is 11.5. The summed E-state index contributed by atoms with van der Waals surface area (Å²) in [6, 6.07) is 3.86. The van der Waals surface area contributed by atoms with Crippen LogP contribution in [0.25, 0.3) is 5.65 Å². The predicted molar refractivity (Wildman–Crippen MR) is 125 cm³/mol. The van der Waals surface area contributed by atoms with Gasteiger partial charge in [0.15, 0.2) is 0 Å². The topological polar surface area (TPSA) is 96.3 Å². The molecule has 3 rings (SSSR count). The number of rotatable bonds is 5. The number of pyridine rings is 1. The zero-order valence-corrected chi connectivity index (χ0v) is 20.3. The van der Waals surface area contributed by atoms with E-state index in [-0.39, 0.29) is 17.9 Å². The molecule has 0 radical (unpaired) electrons. The Morgan fingerprint density at radius 1 is 1.09 bits per heavy atom. The summed E-state index contributed by atoms with van der Waals surface area (Å²) in [5, 5.41) is 2.91. The van der Waals surface area contributed by atoms with Crippen LogP contribution in [0.15, 0.2) is 18.3 Å². The van der Waals surface area contributed by atoms with Crippen LogP contribution in [0.5, 0.6) is 0 Å². The van der Waals surface area contributed by atoms with Crippen LogP contribution < -0.4 is 5.32 Å². The summed E-state index contributed by atoms with van der Waals surface area (Å²) in [4.78, 5) is 45.6. The van der Waals surface area contributed by atoms with E-state index in [1.54, 1.807) is 14.2 Å². The number of carbonyl (C=O) groups excluding carboxylic acids is 3. The summed E-state index contributed by atoms with van der Waals surface area (Å²) in [7, 11) is 0. The van der Waals surface area contributed by atoms with Gasteiger partial charge in [0.2, 0.25) is 5.91 Å². The Kier molecular flexibility index (Phi) is 7.61. The van der Waals surface area contributed by atoms with Crippen molar-refractivity contribution in [3.63, 3.8) is 0 Å². The number of aromatic nitrogens is 2. The number of amides is 3. The minimum atomic E-state index is -0.538. The lowest BCUT2D eigenvalue weighted by Gasteiger charge is -2.26. The van der Waals surface area contributed by atoms with Crippen LogP contribution in [-0.2, 0) is 9.53 Å². The lowest BCUT2D eigenvalue weighted by Crippen LogP contribution is -2.40. The Bertz CT molecular complexity index is 1020. The van der Waals surface area contributed by atoms with E-state index in [2.05, 4.69) is 10.3 Å². The number of nitrogens with one attached hydrogen (secondary N) is 1. The standard InChI is InChI=1S/C24H35N5O4/c1-17-9-7-14-29-20(18(2)26-21(17)29)22(31)25-11-6-10-19(30)27-12-8-13-28(16-15-27)23(32)33-24(3,4)5/h7,9,14H,6,8,10-13,15-16H2,1-5H3,(H,25,31). The molecule has 1 fully saturated rings. The monoisotopic (exact) mass is 457 g/mol. The maximum atomic E-state index is 12.7. The van der Waals surface area contributed by atoms with Crippen molar-refractivity contribution in [2.45, 2.75) is 59.5 Å². The van der Waals surface area contributed by atoms with Gasteiger partial charge in [-0.05, 0) is 59.1 Å². The first-order valence-corrected chi connectivity index (χ1v) is 11.5. The maximum absolute atomic E-state index is 12.7. The summed E-state index contributed by atoms with van der Waals surface area (Å²) in [5.41, 5.74) is 2.45. The van der Waals surface area contributed by atoms with Gasteiger partial charge in [0.25, 0.3) is 5.91 Å². The third-order valence-electron chi connectivity index (χ3n) is 5.59. The van der Waals surface area contributed by atoms with Gasteiger partial charge in [-0.2, -0.15) is 0 Å². The highest BCUT2D eigenvalue weighted by Gasteiger charge is 2.26. The molecular weight excluding hydrogens is 422 g/mol. The SMILES string of the molecule is Cc1nc2c(C)cccn2c1C(=O)NCCCC(=O)N1CCCN(C(=O)OC(C)(C)C)CC1. The molecule has 1 saturated heterocycles. The molecule has 1 aliphatic rings. The second-order valence-corrected chi connectivity index (χ2v) is 9.49. The van der Waals surface area contributed by atoms with Crippen LogP contribution in [0.1, 0.15) is 61.8 Å². The molecule has 180 valence electrons. The van der Waals surface area contributed by atoms with Gasteiger partial charge < -0.3 is 19.9 Å². The molecular formula is C24H35N5O4. The molecule has 0 atom stereocenters. The Morgan fingerprint density at radius 2 is 1.79 bits per heavy atom. The van der Waals surface area contributed by atoms with Gasteiger partial charge in [-0.3, -0.25) is 14.0 Å².